The van der Waals surface area contributed by atoms with Crippen LogP contribution in [0.25, 0.3) is 0 Å². The van der Waals surface area contributed by atoms with E-state index in [1.165, 1.54) is 6.20 Å². The third-order valence-electron chi connectivity index (χ3n) is 4.18. The van der Waals surface area contributed by atoms with E-state index in [-0.39, 0.29) is 18.3 Å². The van der Waals surface area contributed by atoms with Crippen LogP contribution in [0.1, 0.15) is 38.1 Å². The van der Waals surface area contributed by atoms with Crippen LogP contribution < -0.4 is 5.32 Å². The molecule has 1 aromatic rings. The van der Waals surface area contributed by atoms with E-state index >= 15 is 0 Å². The van der Waals surface area contributed by atoms with Crippen molar-refractivity contribution in [3.05, 3.63) is 28.5 Å². The standard InChI is InChI=1S/C15H25ClN2O4Si/c1-15(2,3)23(4,5)22-9-12(18-14(20)21)13-10(8-19)6-11(16)7-17-13/h6-7,12,18-19H,8-9H2,1-5H3,(H,20,21). The number of pyridine rings is 1. The molecule has 0 spiro atoms. The maximum Gasteiger partial charge on any atom is 0.405 e. The molecule has 6 nitrogen and oxygen atoms in total. The number of hydrogen-bond acceptors (Lipinski definition) is 4. The Kier molecular flexibility index (Phi) is 6.58. The highest BCUT2D eigenvalue weighted by Gasteiger charge is 2.38. The summed E-state index contributed by atoms with van der Waals surface area (Å²) in [6.45, 7) is 10.4. The van der Waals surface area contributed by atoms with E-state index in [1.54, 1.807) is 6.07 Å². The van der Waals surface area contributed by atoms with Crippen molar-refractivity contribution < 1.29 is 19.4 Å². The molecular formula is C15H25ClN2O4Si. The SMILES string of the molecule is CC(C)(C)[Si](C)(C)OCC(NC(=O)O)c1ncc(Cl)cc1CO. The predicted octanol–water partition coefficient (Wildman–Crippen LogP) is 3.56. The number of aliphatic hydroxyl groups excluding tert-OH is 1. The van der Waals surface area contributed by atoms with Gasteiger partial charge in [0.2, 0.25) is 0 Å². The van der Waals surface area contributed by atoms with E-state index in [0.717, 1.165) is 0 Å². The van der Waals surface area contributed by atoms with Crippen LogP contribution >= 0.6 is 11.6 Å². The van der Waals surface area contributed by atoms with Crippen LogP contribution in [-0.4, -0.2) is 36.2 Å². The van der Waals surface area contributed by atoms with Gasteiger partial charge < -0.3 is 20.0 Å². The van der Waals surface area contributed by atoms with Crippen LogP contribution in [-0.2, 0) is 11.0 Å². The third kappa shape index (κ3) is 5.45. The number of nitrogens with one attached hydrogen (secondary N) is 1. The molecule has 0 fully saturated rings. The van der Waals surface area contributed by atoms with Gasteiger partial charge in [-0.2, -0.15) is 0 Å². The topological polar surface area (TPSA) is 91.7 Å². The first kappa shape index (κ1) is 19.9. The van der Waals surface area contributed by atoms with Gasteiger partial charge in [0.1, 0.15) is 0 Å². The van der Waals surface area contributed by atoms with Crippen LogP contribution in [0.2, 0.25) is 23.2 Å². The van der Waals surface area contributed by atoms with Crippen molar-refractivity contribution in [2.45, 2.75) is 51.6 Å². The molecule has 8 heteroatoms. The number of aliphatic hydroxyl groups is 1. The Balaban J connectivity index is 3.05. The minimum Gasteiger partial charge on any atom is -0.465 e. The fraction of sp³-hybridized carbons (Fsp3) is 0.600. The van der Waals surface area contributed by atoms with Gasteiger partial charge in [-0.15, -0.1) is 0 Å². The zero-order valence-corrected chi connectivity index (χ0v) is 15.9. The number of carbonyl (C=O) groups is 1. The lowest BCUT2D eigenvalue weighted by Gasteiger charge is -2.37. The molecule has 1 aromatic heterocycles. The van der Waals surface area contributed by atoms with Crippen molar-refractivity contribution in [3.8, 4) is 0 Å². The number of nitrogens with zero attached hydrogens (tertiary/aromatic N) is 1. The first-order valence-electron chi connectivity index (χ1n) is 7.36. The normalized spacial score (nSPS) is 13.7. The van der Waals surface area contributed by atoms with Gasteiger partial charge in [0.05, 0.1) is 30.0 Å². The Bertz CT molecular complexity index is 561. The Labute approximate surface area is 143 Å². The summed E-state index contributed by atoms with van der Waals surface area (Å²) in [7, 11) is -2.04. The van der Waals surface area contributed by atoms with Crippen LogP contribution in [0, 0.1) is 0 Å². The lowest BCUT2D eigenvalue weighted by atomic mass is 10.1. The largest absolute Gasteiger partial charge is 0.465 e. The van der Waals surface area contributed by atoms with Gasteiger partial charge in [0.15, 0.2) is 8.32 Å². The average Bonchev–Trinajstić information content (AvgIpc) is 2.41. The van der Waals surface area contributed by atoms with Crippen molar-refractivity contribution >= 4 is 26.0 Å². The summed E-state index contributed by atoms with van der Waals surface area (Å²) < 4.78 is 6.10. The second-order valence-corrected chi connectivity index (χ2v) is 12.2. The van der Waals surface area contributed by atoms with Gasteiger partial charge in [0, 0.05) is 11.8 Å². The first-order chi connectivity index (χ1) is 10.5. The highest BCUT2D eigenvalue weighted by Crippen LogP contribution is 2.37. The smallest absolute Gasteiger partial charge is 0.405 e. The molecule has 1 atom stereocenters. The summed E-state index contributed by atoms with van der Waals surface area (Å²) in [5, 5.41) is 21.4. The summed E-state index contributed by atoms with van der Waals surface area (Å²) in [5.74, 6) is 0. The summed E-state index contributed by atoms with van der Waals surface area (Å²) >= 11 is 5.88. The molecule has 3 N–H and O–H groups in total. The van der Waals surface area contributed by atoms with Gasteiger partial charge in [-0.1, -0.05) is 32.4 Å². The van der Waals surface area contributed by atoms with E-state index in [1.807, 2.05) is 0 Å². The lowest BCUT2D eigenvalue weighted by Crippen LogP contribution is -2.43. The van der Waals surface area contributed by atoms with Gasteiger partial charge in [-0.05, 0) is 24.2 Å². The molecule has 0 radical (unpaired) electrons. The predicted molar refractivity (Wildman–Crippen MR) is 92.2 cm³/mol. The number of aromatic nitrogens is 1. The van der Waals surface area contributed by atoms with Crippen molar-refractivity contribution in [1.29, 1.82) is 0 Å². The molecule has 0 bridgehead atoms. The highest BCUT2D eigenvalue weighted by molar-refractivity contribution is 6.74. The number of rotatable bonds is 6. The molecule has 0 saturated carbocycles. The van der Waals surface area contributed by atoms with Gasteiger partial charge in [-0.3, -0.25) is 4.98 Å². The number of halogens is 1. The number of carboxylic acid groups (broad SMARTS) is 1. The molecule has 1 amide bonds. The zero-order valence-electron chi connectivity index (χ0n) is 14.2. The Morgan fingerprint density at radius 2 is 2.09 bits per heavy atom. The molecule has 130 valence electrons. The molecule has 1 unspecified atom stereocenters. The van der Waals surface area contributed by atoms with Crippen molar-refractivity contribution in [2.24, 2.45) is 0 Å². The highest BCUT2D eigenvalue weighted by atomic mass is 35.5. The van der Waals surface area contributed by atoms with Crippen molar-refractivity contribution in [3.63, 3.8) is 0 Å². The molecule has 23 heavy (non-hydrogen) atoms. The molecule has 0 aliphatic carbocycles. The summed E-state index contributed by atoms with van der Waals surface area (Å²) in [5.41, 5.74) is 0.910. The monoisotopic (exact) mass is 360 g/mol. The van der Waals surface area contributed by atoms with Crippen LogP contribution in [0.5, 0.6) is 0 Å². The maximum absolute atomic E-state index is 11.1. The minimum atomic E-state index is -2.04. The van der Waals surface area contributed by atoms with Crippen LogP contribution in [0.15, 0.2) is 12.3 Å². The lowest BCUT2D eigenvalue weighted by molar-refractivity contribution is 0.177. The zero-order chi connectivity index (χ0) is 17.8. The van der Waals surface area contributed by atoms with Crippen molar-refractivity contribution in [2.75, 3.05) is 6.61 Å². The van der Waals surface area contributed by atoms with Crippen LogP contribution in [0.3, 0.4) is 0 Å². The number of amides is 1. The number of hydrogen-bond donors (Lipinski definition) is 3. The van der Waals surface area contributed by atoms with E-state index in [2.05, 4.69) is 44.2 Å². The molecule has 0 saturated heterocycles. The summed E-state index contributed by atoms with van der Waals surface area (Å²) in [6, 6.07) is 0.910. The third-order valence-corrected chi connectivity index (χ3v) is 8.89. The Hall–Kier alpha value is -1.15. The fourth-order valence-corrected chi connectivity index (χ4v) is 2.98. The van der Waals surface area contributed by atoms with E-state index < -0.39 is 20.5 Å². The molecule has 0 aromatic carbocycles. The second kappa shape index (κ2) is 7.61. The van der Waals surface area contributed by atoms with Crippen LogP contribution in [0.4, 0.5) is 4.79 Å². The summed E-state index contributed by atoms with van der Waals surface area (Å²) in [6.07, 6.45) is 0.258. The molecule has 0 aliphatic heterocycles. The van der Waals surface area contributed by atoms with Gasteiger partial charge >= 0.3 is 6.09 Å². The Morgan fingerprint density at radius 3 is 2.57 bits per heavy atom. The molecule has 1 rings (SSSR count). The average molecular weight is 361 g/mol. The quantitative estimate of drug-likeness (QED) is 0.674. The molecular weight excluding hydrogens is 336 g/mol. The maximum atomic E-state index is 11.1. The Morgan fingerprint density at radius 1 is 1.48 bits per heavy atom. The van der Waals surface area contributed by atoms with Crippen molar-refractivity contribution in [1.82, 2.24) is 10.3 Å². The minimum absolute atomic E-state index is 0.00794. The fourth-order valence-electron chi connectivity index (χ4n) is 1.78. The summed E-state index contributed by atoms with van der Waals surface area (Å²) in [4.78, 5) is 15.3. The first-order valence-corrected chi connectivity index (χ1v) is 10.6. The second-order valence-electron chi connectivity index (χ2n) is 6.93. The van der Waals surface area contributed by atoms with E-state index in [4.69, 9.17) is 21.1 Å². The molecule has 1 heterocycles. The molecule has 0 aliphatic rings. The van der Waals surface area contributed by atoms with Gasteiger partial charge in [-0.25, -0.2) is 4.79 Å². The van der Waals surface area contributed by atoms with Gasteiger partial charge in [0.25, 0.3) is 0 Å². The van der Waals surface area contributed by atoms with E-state index in [0.29, 0.717) is 16.3 Å². The van der Waals surface area contributed by atoms with E-state index in [9.17, 15) is 9.90 Å².